The van der Waals surface area contributed by atoms with Gasteiger partial charge in [0.05, 0.1) is 6.61 Å². The molecule has 0 aliphatic carbocycles. The Morgan fingerprint density at radius 2 is 2.39 bits per heavy atom. The van der Waals surface area contributed by atoms with Crippen LogP contribution in [0.25, 0.3) is 0 Å². The molecule has 0 spiro atoms. The SMILES string of the molecule is CCOC(=O)CCCc1ccc2c(n1)NCCC2. The molecular formula is C14H20N2O2. The third-order valence-corrected chi connectivity index (χ3v) is 3.07. The molecule has 0 saturated carbocycles. The lowest BCUT2D eigenvalue weighted by atomic mass is 10.1. The third-order valence-electron chi connectivity index (χ3n) is 3.07. The fourth-order valence-electron chi connectivity index (χ4n) is 2.16. The van der Waals surface area contributed by atoms with Gasteiger partial charge in [-0.05, 0) is 44.2 Å². The number of esters is 1. The van der Waals surface area contributed by atoms with Crippen LogP contribution in [0.3, 0.4) is 0 Å². The zero-order valence-corrected chi connectivity index (χ0v) is 10.9. The van der Waals surface area contributed by atoms with Crippen LogP contribution in [-0.2, 0) is 22.4 Å². The normalized spacial score (nSPS) is 13.6. The standard InChI is InChI=1S/C14H20N2O2/c1-2-18-13(17)7-3-6-12-9-8-11-5-4-10-15-14(11)16-12/h8-9H,2-7,10H2,1H3,(H,15,16). The van der Waals surface area contributed by atoms with Gasteiger partial charge in [-0.3, -0.25) is 4.79 Å². The minimum atomic E-state index is -0.117. The zero-order valence-electron chi connectivity index (χ0n) is 10.9. The number of ether oxygens (including phenoxy) is 1. The summed E-state index contributed by atoms with van der Waals surface area (Å²) in [5.41, 5.74) is 2.35. The fourth-order valence-corrected chi connectivity index (χ4v) is 2.16. The molecule has 1 aromatic heterocycles. The van der Waals surface area contributed by atoms with Gasteiger partial charge in [-0.15, -0.1) is 0 Å². The second kappa shape index (κ2) is 6.38. The molecule has 2 rings (SSSR count). The average molecular weight is 248 g/mol. The largest absolute Gasteiger partial charge is 0.466 e. The molecule has 0 radical (unpaired) electrons. The first-order valence-corrected chi connectivity index (χ1v) is 6.68. The molecule has 0 amide bonds. The molecule has 4 heteroatoms. The summed E-state index contributed by atoms with van der Waals surface area (Å²) in [4.78, 5) is 15.8. The van der Waals surface area contributed by atoms with E-state index in [2.05, 4.69) is 22.4 Å². The Hall–Kier alpha value is -1.58. The summed E-state index contributed by atoms with van der Waals surface area (Å²) >= 11 is 0. The van der Waals surface area contributed by atoms with Gasteiger partial charge >= 0.3 is 5.97 Å². The number of aryl methyl sites for hydroxylation is 2. The van der Waals surface area contributed by atoms with Crippen molar-refractivity contribution >= 4 is 11.8 Å². The van der Waals surface area contributed by atoms with Crippen LogP contribution in [-0.4, -0.2) is 24.1 Å². The molecule has 18 heavy (non-hydrogen) atoms. The molecule has 0 atom stereocenters. The topological polar surface area (TPSA) is 51.2 Å². The van der Waals surface area contributed by atoms with Gasteiger partial charge in [0.1, 0.15) is 5.82 Å². The number of carbonyl (C=O) groups excluding carboxylic acids is 1. The lowest BCUT2D eigenvalue weighted by Gasteiger charge is -2.17. The first kappa shape index (κ1) is 12.9. The molecule has 4 nitrogen and oxygen atoms in total. The highest BCUT2D eigenvalue weighted by Crippen LogP contribution is 2.20. The molecule has 98 valence electrons. The summed E-state index contributed by atoms with van der Waals surface area (Å²) in [7, 11) is 0. The minimum Gasteiger partial charge on any atom is -0.466 e. The smallest absolute Gasteiger partial charge is 0.305 e. The Labute approximate surface area is 108 Å². The van der Waals surface area contributed by atoms with Crippen LogP contribution >= 0.6 is 0 Å². The van der Waals surface area contributed by atoms with E-state index in [1.807, 2.05) is 6.92 Å². The van der Waals surface area contributed by atoms with E-state index in [4.69, 9.17) is 4.74 Å². The highest BCUT2D eigenvalue weighted by molar-refractivity contribution is 5.69. The summed E-state index contributed by atoms with van der Waals surface area (Å²) in [5.74, 6) is 0.906. The van der Waals surface area contributed by atoms with E-state index in [-0.39, 0.29) is 5.97 Å². The van der Waals surface area contributed by atoms with Gasteiger partial charge in [0, 0.05) is 18.7 Å². The van der Waals surface area contributed by atoms with E-state index in [0.717, 1.165) is 37.3 Å². The van der Waals surface area contributed by atoms with Crippen LogP contribution in [0.15, 0.2) is 12.1 Å². The van der Waals surface area contributed by atoms with Crippen molar-refractivity contribution in [1.29, 1.82) is 0 Å². The van der Waals surface area contributed by atoms with Crippen molar-refractivity contribution in [2.75, 3.05) is 18.5 Å². The molecule has 1 aliphatic rings. The number of anilines is 1. The average Bonchev–Trinajstić information content (AvgIpc) is 2.39. The van der Waals surface area contributed by atoms with Crippen molar-refractivity contribution in [3.63, 3.8) is 0 Å². The molecule has 2 heterocycles. The Balaban J connectivity index is 1.84. The second-order valence-corrected chi connectivity index (χ2v) is 4.50. The van der Waals surface area contributed by atoms with Gasteiger partial charge in [0.15, 0.2) is 0 Å². The molecule has 0 saturated heterocycles. The minimum absolute atomic E-state index is 0.117. The van der Waals surface area contributed by atoms with Crippen molar-refractivity contribution in [1.82, 2.24) is 4.98 Å². The highest BCUT2D eigenvalue weighted by Gasteiger charge is 2.10. The molecular weight excluding hydrogens is 228 g/mol. The van der Waals surface area contributed by atoms with Crippen LogP contribution in [0.4, 0.5) is 5.82 Å². The second-order valence-electron chi connectivity index (χ2n) is 4.50. The Morgan fingerprint density at radius 3 is 3.22 bits per heavy atom. The quantitative estimate of drug-likeness (QED) is 0.812. The predicted octanol–water partition coefficient (Wildman–Crippen LogP) is 2.33. The van der Waals surface area contributed by atoms with Crippen LogP contribution in [0, 0.1) is 0 Å². The van der Waals surface area contributed by atoms with E-state index in [0.29, 0.717) is 13.0 Å². The summed E-state index contributed by atoms with van der Waals surface area (Å²) in [5, 5.41) is 3.32. The molecule has 1 N–H and O–H groups in total. The van der Waals surface area contributed by atoms with Crippen molar-refractivity contribution in [2.45, 2.75) is 39.0 Å². The summed E-state index contributed by atoms with van der Waals surface area (Å²) in [6, 6.07) is 4.21. The molecule has 0 unspecified atom stereocenters. The van der Waals surface area contributed by atoms with Crippen molar-refractivity contribution in [3.05, 3.63) is 23.4 Å². The van der Waals surface area contributed by atoms with Gasteiger partial charge in [-0.2, -0.15) is 0 Å². The van der Waals surface area contributed by atoms with Gasteiger partial charge in [0.2, 0.25) is 0 Å². The number of nitrogens with zero attached hydrogens (tertiary/aromatic N) is 1. The van der Waals surface area contributed by atoms with E-state index in [9.17, 15) is 4.79 Å². The number of rotatable bonds is 5. The molecule has 0 aromatic carbocycles. The zero-order chi connectivity index (χ0) is 12.8. The number of aromatic nitrogens is 1. The maximum atomic E-state index is 11.2. The van der Waals surface area contributed by atoms with Gasteiger partial charge in [-0.1, -0.05) is 6.07 Å². The molecule has 1 aliphatic heterocycles. The number of hydrogen-bond acceptors (Lipinski definition) is 4. The van der Waals surface area contributed by atoms with Crippen LogP contribution < -0.4 is 5.32 Å². The van der Waals surface area contributed by atoms with Crippen LogP contribution in [0.2, 0.25) is 0 Å². The number of hydrogen-bond donors (Lipinski definition) is 1. The summed E-state index contributed by atoms with van der Waals surface area (Å²) in [6.07, 6.45) is 4.38. The summed E-state index contributed by atoms with van der Waals surface area (Å²) in [6.45, 7) is 3.29. The third kappa shape index (κ3) is 3.45. The van der Waals surface area contributed by atoms with E-state index in [1.165, 1.54) is 12.0 Å². The lowest BCUT2D eigenvalue weighted by Crippen LogP contribution is -2.14. The summed E-state index contributed by atoms with van der Waals surface area (Å²) < 4.78 is 4.90. The molecule has 0 bridgehead atoms. The van der Waals surface area contributed by atoms with Crippen molar-refractivity contribution < 1.29 is 9.53 Å². The number of pyridine rings is 1. The number of fused-ring (bicyclic) bond motifs is 1. The highest BCUT2D eigenvalue weighted by atomic mass is 16.5. The molecule has 0 fully saturated rings. The fraction of sp³-hybridized carbons (Fsp3) is 0.571. The monoisotopic (exact) mass is 248 g/mol. The van der Waals surface area contributed by atoms with Crippen molar-refractivity contribution in [2.24, 2.45) is 0 Å². The Kier molecular flexibility index (Phi) is 4.56. The van der Waals surface area contributed by atoms with E-state index in [1.54, 1.807) is 0 Å². The number of nitrogens with one attached hydrogen (secondary N) is 1. The van der Waals surface area contributed by atoms with Crippen LogP contribution in [0.5, 0.6) is 0 Å². The molecule has 1 aromatic rings. The first-order chi connectivity index (χ1) is 8.79. The number of carbonyl (C=O) groups is 1. The van der Waals surface area contributed by atoms with E-state index >= 15 is 0 Å². The van der Waals surface area contributed by atoms with E-state index < -0.39 is 0 Å². The maximum Gasteiger partial charge on any atom is 0.305 e. The Morgan fingerprint density at radius 1 is 1.50 bits per heavy atom. The lowest BCUT2D eigenvalue weighted by molar-refractivity contribution is -0.143. The first-order valence-electron chi connectivity index (χ1n) is 6.68. The van der Waals surface area contributed by atoms with Crippen molar-refractivity contribution in [3.8, 4) is 0 Å². The van der Waals surface area contributed by atoms with Gasteiger partial charge in [-0.25, -0.2) is 4.98 Å². The van der Waals surface area contributed by atoms with Crippen LogP contribution in [0.1, 0.15) is 37.4 Å². The Bertz CT molecular complexity index is 418. The predicted molar refractivity (Wildman–Crippen MR) is 70.6 cm³/mol. The maximum absolute atomic E-state index is 11.2. The van der Waals surface area contributed by atoms with Gasteiger partial charge in [0.25, 0.3) is 0 Å². The van der Waals surface area contributed by atoms with Gasteiger partial charge < -0.3 is 10.1 Å².